The second-order valence-corrected chi connectivity index (χ2v) is 5.69. The summed E-state index contributed by atoms with van der Waals surface area (Å²) in [6.07, 6.45) is 7.25. The number of hydrogen-bond acceptors (Lipinski definition) is 3. The number of ether oxygens (including phenoxy) is 1. The highest BCUT2D eigenvalue weighted by molar-refractivity contribution is 5.82. The van der Waals surface area contributed by atoms with E-state index in [0.29, 0.717) is 18.6 Å². The summed E-state index contributed by atoms with van der Waals surface area (Å²) in [6, 6.07) is 0.587. The molecule has 0 saturated heterocycles. The Morgan fingerprint density at radius 3 is 2.69 bits per heavy atom. The van der Waals surface area contributed by atoms with Gasteiger partial charge in [0.15, 0.2) is 0 Å². The van der Waals surface area contributed by atoms with E-state index in [1.165, 1.54) is 32.1 Å². The van der Waals surface area contributed by atoms with Crippen LogP contribution in [0.25, 0.3) is 0 Å². The molecule has 3 aliphatic carbocycles. The number of fused-ring (bicyclic) bond motifs is 2. The lowest BCUT2D eigenvalue weighted by Crippen LogP contribution is -2.57. The van der Waals surface area contributed by atoms with Crippen LogP contribution in [0.4, 0.5) is 0 Å². The third-order valence-corrected chi connectivity index (χ3v) is 4.53. The second-order valence-electron chi connectivity index (χ2n) is 5.69. The van der Waals surface area contributed by atoms with Crippen molar-refractivity contribution in [2.24, 2.45) is 11.8 Å². The summed E-state index contributed by atoms with van der Waals surface area (Å²) in [5.74, 6) is 1.33. The summed E-state index contributed by atoms with van der Waals surface area (Å²) in [7, 11) is 0. The summed E-state index contributed by atoms with van der Waals surface area (Å²) in [5.41, 5.74) is -0.305. The molecule has 0 spiro atoms. The Hall–Kier alpha value is -0.570. The van der Waals surface area contributed by atoms with Crippen LogP contribution in [-0.4, -0.2) is 24.2 Å². The Morgan fingerprint density at radius 2 is 2.19 bits per heavy atom. The van der Waals surface area contributed by atoms with E-state index >= 15 is 0 Å². The fourth-order valence-corrected chi connectivity index (χ4v) is 3.67. The fourth-order valence-electron chi connectivity index (χ4n) is 3.67. The third-order valence-electron chi connectivity index (χ3n) is 4.53. The molecule has 1 N–H and O–H groups in total. The number of rotatable bonds is 4. The van der Waals surface area contributed by atoms with Gasteiger partial charge >= 0.3 is 5.97 Å². The topological polar surface area (TPSA) is 38.3 Å². The fraction of sp³-hybridized carbons (Fsp3) is 0.923. The van der Waals surface area contributed by atoms with Crippen molar-refractivity contribution in [1.29, 1.82) is 0 Å². The highest BCUT2D eigenvalue weighted by atomic mass is 16.5. The predicted molar refractivity (Wildman–Crippen MR) is 61.0 cm³/mol. The number of carbonyl (C=O) groups excluding carboxylic acids is 1. The van der Waals surface area contributed by atoms with E-state index in [4.69, 9.17) is 4.74 Å². The maximum atomic E-state index is 12.2. The van der Waals surface area contributed by atoms with Crippen molar-refractivity contribution < 1.29 is 9.53 Å². The zero-order chi connectivity index (χ0) is 11.2. The van der Waals surface area contributed by atoms with Crippen molar-refractivity contribution in [2.45, 2.75) is 57.0 Å². The quantitative estimate of drug-likeness (QED) is 0.739. The maximum Gasteiger partial charge on any atom is 0.326 e. The van der Waals surface area contributed by atoms with Gasteiger partial charge in [-0.25, -0.2) is 0 Å². The first-order valence-corrected chi connectivity index (χ1v) is 6.69. The summed E-state index contributed by atoms with van der Waals surface area (Å²) < 4.78 is 5.31. The van der Waals surface area contributed by atoms with E-state index in [9.17, 15) is 4.79 Å². The largest absolute Gasteiger partial charge is 0.465 e. The van der Waals surface area contributed by atoms with Crippen molar-refractivity contribution in [1.82, 2.24) is 5.32 Å². The Kier molecular flexibility index (Phi) is 2.46. The van der Waals surface area contributed by atoms with E-state index in [1.807, 2.05) is 6.92 Å². The van der Waals surface area contributed by atoms with Crippen molar-refractivity contribution >= 4 is 5.97 Å². The van der Waals surface area contributed by atoms with Crippen molar-refractivity contribution in [2.75, 3.05) is 6.61 Å². The molecule has 0 radical (unpaired) electrons. The molecule has 3 nitrogen and oxygen atoms in total. The van der Waals surface area contributed by atoms with Gasteiger partial charge in [-0.2, -0.15) is 0 Å². The lowest BCUT2D eigenvalue weighted by atomic mass is 9.80. The first kappa shape index (κ1) is 10.6. The molecule has 0 aromatic carbocycles. The van der Waals surface area contributed by atoms with E-state index in [-0.39, 0.29) is 11.5 Å². The molecule has 0 amide bonds. The molecule has 3 fully saturated rings. The van der Waals surface area contributed by atoms with Crippen LogP contribution >= 0.6 is 0 Å². The lowest BCUT2D eigenvalue weighted by molar-refractivity contribution is -0.154. The molecule has 3 unspecified atom stereocenters. The van der Waals surface area contributed by atoms with Crippen LogP contribution in [-0.2, 0) is 9.53 Å². The zero-order valence-corrected chi connectivity index (χ0v) is 10.00. The SMILES string of the molecule is CCOC(=O)C1(NC2CC2)CC2CCC1C2. The second kappa shape index (κ2) is 3.73. The number of esters is 1. The molecule has 0 aliphatic heterocycles. The van der Waals surface area contributed by atoms with E-state index in [0.717, 1.165) is 12.3 Å². The molecule has 2 bridgehead atoms. The molecule has 3 saturated carbocycles. The maximum absolute atomic E-state index is 12.2. The Balaban J connectivity index is 1.79. The monoisotopic (exact) mass is 223 g/mol. The van der Waals surface area contributed by atoms with Gasteiger partial charge in [-0.15, -0.1) is 0 Å². The van der Waals surface area contributed by atoms with Crippen LogP contribution in [0.5, 0.6) is 0 Å². The minimum absolute atomic E-state index is 0.0223. The highest BCUT2D eigenvalue weighted by Gasteiger charge is 2.57. The lowest BCUT2D eigenvalue weighted by Gasteiger charge is -2.36. The molecular weight excluding hydrogens is 202 g/mol. The first-order valence-electron chi connectivity index (χ1n) is 6.69. The molecule has 0 aromatic rings. The molecule has 3 heteroatoms. The van der Waals surface area contributed by atoms with Gasteiger partial charge in [-0.1, -0.05) is 6.42 Å². The minimum atomic E-state index is -0.305. The third kappa shape index (κ3) is 1.56. The molecule has 3 aliphatic rings. The van der Waals surface area contributed by atoms with Gasteiger partial charge in [-0.05, 0) is 50.9 Å². The van der Waals surface area contributed by atoms with Gasteiger partial charge in [-0.3, -0.25) is 10.1 Å². The first-order chi connectivity index (χ1) is 7.74. The average Bonchev–Trinajstić information content (AvgIpc) is 2.85. The van der Waals surface area contributed by atoms with Crippen molar-refractivity contribution in [3.8, 4) is 0 Å². The molecule has 3 atom stereocenters. The van der Waals surface area contributed by atoms with Gasteiger partial charge in [0, 0.05) is 6.04 Å². The van der Waals surface area contributed by atoms with E-state index in [1.54, 1.807) is 0 Å². The molecule has 16 heavy (non-hydrogen) atoms. The smallest absolute Gasteiger partial charge is 0.326 e. The van der Waals surface area contributed by atoms with Crippen molar-refractivity contribution in [3.05, 3.63) is 0 Å². The van der Waals surface area contributed by atoms with Gasteiger partial charge in [0.05, 0.1) is 6.61 Å². The summed E-state index contributed by atoms with van der Waals surface area (Å²) >= 11 is 0. The van der Waals surface area contributed by atoms with Gasteiger partial charge in [0.25, 0.3) is 0 Å². The van der Waals surface area contributed by atoms with Gasteiger partial charge in [0.1, 0.15) is 5.54 Å². The van der Waals surface area contributed by atoms with E-state index in [2.05, 4.69) is 5.32 Å². The Labute approximate surface area is 96.9 Å². The number of hydrogen-bond donors (Lipinski definition) is 1. The van der Waals surface area contributed by atoms with Crippen LogP contribution < -0.4 is 5.32 Å². The van der Waals surface area contributed by atoms with E-state index < -0.39 is 0 Å². The van der Waals surface area contributed by atoms with Gasteiger partial charge in [0.2, 0.25) is 0 Å². The van der Waals surface area contributed by atoms with Crippen LogP contribution in [0.2, 0.25) is 0 Å². The zero-order valence-electron chi connectivity index (χ0n) is 10.00. The van der Waals surface area contributed by atoms with Crippen LogP contribution in [0.1, 0.15) is 45.4 Å². The highest BCUT2D eigenvalue weighted by Crippen LogP contribution is 2.52. The Bertz CT molecular complexity index is 300. The number of nitrogens with one attached hydrogen (secondary N) is 1. The summed E-state index contributed by atoms with van der Waals surface area (Å²) in [4.78, 5) is 12.2. The van der Waals surface area contributed by atoms with Crippen LogP contribution in [0.15, 0.2) is 0 Å². The molecule has 0 heterocycles. The summed E-state index contributed by atoms with van der Waals surface area (Å²) in [6.45, 7) is 2.40. The average molecular weight is 223 g/mol. The normalized spacial score (nSPS) is 41.3. The van der Waals surface area contributed by atoms with Gasteiger partial charge < -0.3 is 4.74 Å². The molecular formula is C13H21NO2. The number of carbonyl (C=O) groups is 1. The Morgan fingerprint density at radius 1 is 1.38 bits per heavy atom. The predicted octanol–water partition coefficient (Wildman–Crippen LogP) is 1.86. The van der Waals surface area contributed by atoms with Crippen molar-refractivity contribution in [3.63, 3.8) is 0 Å². The minimum Gasteiger partial charge on any atom is -0.465 e. The summed E-state index contributed by atoms with van der Waals surface area (Å²) in [5, 5.41) is 3.61. The molecule has 90 valence electrons. The van der Waals surface area contributed by atoms with Crippen LogP contribution in [0, 0.1) is 11.8 Å². The standard InChI is InChI=1S/C13H21NO2/c1-2-16-12(15)13(14-11-5-6-11)8-9-3-4-10(13)7-9/h9-11,14H,2-8H2,1H3. The van der Waals surface area contributed by atoms with Crippen LogP contribution in [0.3, 0.4) is 0 Å². The molecule has 0 aromatic heterocycles. The molecule has 3 rings (SSSR count).